The molecule has 0 unspecified atom stereocenters. The molecule has 16 heavy (non-hydrogen) atoms. The standard InChI is InChI=1S/C11H12N4O/c1-16-9-4-2-8(3-5-9)15-11-6-10(12)13-7-14-11/h2-7H,1H3,(H3,12,13,14,15). The number of anilines is 3. The lowest BCUT2D eigenvalue weighted by Crippen LogP contribution is -1.97. The van der Waals surface area contributed by atoms with Crippen LogP contribution in [0.2, 0.25) is 0 Å². The molecule has 5 nitrogen and oxygen atoms in total. The molecule has 0 radical (unpaired) electrons. The molecule has 0 amide bonds. The Morgan fingerprint density at radius 3 is 2.56 bits per heavy atom. The number of ether oxygens (including phenoxy) is 1. The highest BCUT2D eigenvalue weighted by Crippen LogP contribution is 2.18. The average molecular weight is 216 g/mol. The summed E-state index contributed by atoms with van der Waals surface area (Å²) in [5, 5.41) is 3.11. The third-order valence-electron chi connectivity index (χ3n) is 2.05. The van der Waals surface area contributed by atoms with Crippen LogP contribution in [0.1, 0.15) is 0 Å². The van der Waals surface area contributed by atoms with E-state index in [-0.39, 0.29) is 0 Å². The maximum absolute atomic E-state index is 5.55. The lowest BCUT2D eigenvalue weighted by atomic mass is 10.3. The first-order valence-electron chi connectivity index (χ1n) is 4.76. The number of nitrogens with two attached hydrogens (primary N) is 1. The maximum Gasteiger partial charge on any atom is 0.135 e. The molecule has 2 rings (SSSR count). The van der Waals surface area contributed by atoms with Crippen LogP contribution in [-0.2, 0) is 0 Å². The van der Waals surface area contributed by atoms with Gasteiger partial charge in [0.05, 0.1) is 7.11 Å². The van der Waals surface area contributed by atoms with Crippen molar-refractivity contribution in [2.24, 2.45) is 0 Å². The molecule has 0 bridgehead atoms. The van der Waals surface area contributed by atoms with Gasteiger partial charge in [0.2, 0.25) is 0 Å². The highest BCUT2D eigenvalue weighted by Gasteiger charge is 1.97. The summed E-state index contributed by atoms with van der Waals surface area (Å²) in [4.78, 5) is 7.86. The van der Waals surface area contributed by atoms with Crippen molar-refractivity contribution in [1.82, 2.24) is 9.97 Å². The topological polar surface area (TPSA) is 73.1 Å². The molecule has 0 aliphatic heterocycles. The summed E-state index contributed by atoms with van der Waals surface area (Å²) in [5.41, 5.74) is 6.46. The molecule has 0 atom stereocenters. The maximum atomic E-state index is 5.55. The first kappa shape index (κ1) is 10.2. The van der Waals surface area contributed by atoms with Crippen LogP contribution in [0.5, 0.6) is 5.75 Å². The fourth-order valence-electron chi connectivity index (χ4n) is 1.26. The molecule has 5 heteroatoms. The SMILES string of the molecule is COc1ccc(Nc2cc(N)ncn2)cc1. The minimum Gasteiger partial charge on any atom is -0.497 e. The molecule has 1 aromatic carbocycles. The summed E-state index contributed by atoms with van der Waals surface area (Å²) < 4.78 is 5.07. The second-order valence-electron chi connectivity index (χ2n) is 3.18. The Kier molecular flexibility index (Phi) is 2.86. The molecule has 0 spiro atoms. The van der Waals surface area contributed by atoms with Gasteiger partial charge in [-0.25, -0.2) is 9.97 Å². The molecule has 0 saturated carbocycles. The number of aromatic nitrogens is 2. The number of benzene rings is 1. The van der Waals surface area contributed by atoms with Gasteiger partial charge in [0.25, 0.3) is 0 Å². The lowest BCUT2D eigenvalue weighted by Gasteiger charge is -2.06. The minimum absolute atomic E-state index is 0.436. The Hall–Kier alpha value is -2.30. The van der Waals surface area contributed by atoms with Crippen molar-refractivity contribution >= 4 is 17.3 Å². The predicted octanol–water partition coefficient (Wildman–Crippen LogP) is 1.81. The van der Waals surface area contributed by atoms with E-state index in [1.54, 1.807) is 13.2 Å². The molecular formula is C11H12N4O. The largest absolute Gasteiger partial charge is 0.497 e. The molecule has 3 N–H and O–H groups in total. The van der Waals surface area contributed by atoms with Gasteiger partial charge in [-0.3, -0.25) is 0 Å². The van der Waals surface area contributed by atoms with Crippen LogP contribution in [0.4, 0.5) is 17.3 Å². The summed E-state index contributed by atoms with van der Waals surface area (Å²) in [5.74, 6) is 1.91. The van der Waals surface area contributed by atoms with Crippen molar-refractivity contribution in [3.63, 3.8) is 0 Å². The number of nitrogen functional groups attached to an aromatic ring is 1. The Balaban J connectivity index is 2.14. The monoisotopic (exact) mass is 216 g/mol. The third kappa shape index (κ3) is 2.38. The van der Waals surface area contributed by atoms with Crippen LogP contribution < -0.4 is 15.8 Å². The number of rotatable bonds is 3. The van der Waals surface area contributed by atoms with Gasteiger partial charge < -0.3 is 15.8 Å². The zero-order valence-electron chi connectivity index (χ0n) is 8.84. The van der Waals surface area contributed by atoms with E-state index in [4.69, 9.17) is 10.5 Å². The lowest BCUT2D eigenvalue weighted by molar-refractivity contribution is 0.415. The predicted molar refractivity (Wildman–Crippen MR) is 62.7 cm³/mol. The highest BCUT2D eigenvalue weighted by atomic mass is 16.5. The Morgan fingerprint density at radius 1 is 1.19 bits per heavy atom. The van der Waals surface area contributed by atoms with E-state index >= 15 is 0 Å². The number of hydrogen-bond donors (Lipinski definition) is 2. The van der Waals surface area contributed by atoms with Gasteiger partial charge in [0, 0.05) is 11.8 Å². The van der Waals surface area contributed by atoms with E-state index in [0.717, 1.165) is 11.4 Å². The van der Waals surface area contributed by atoms with Gasteiger partial charge in [-0.05, 0) is 24.3 Å². The molecule has 0 fully saturated rings. The molecule has 0 saturated heterocycles. The molecule has 2 aromatic rings. The Bertz CT molecular complexity index is 470. The molecular weight excluding hydrogens is 204 g/mol. The van der Waals surface area contributed by atoms with Gasteiger partial charge in [0.15, 0.2) is 0 Å². The van der Waals surface area contributed by atoms with E-state index < -0.39 is 0 Å². The van der Waals surface area contributed by atoms with Gasteiger partial charge in [-0.1, -0.05) is 0 Å². The van der Waals surface area contributed by atoms with Crippen molar-refractivity contribution < 1.29 is 4.74 Å². The summed E-state index contributed by atoms with van der Waals surface area (Å²) in [6.07, 6.45) is 1.42. The second kappa shape index (κ2) is 4.48. The van der Waals surface area contributed by atoms with E-state index in [2.05, 4.69) is 15.3 Å². The zero-order valence-corrected chi connectivity index (χ0v) is 8.84. The molecule has 1 heterocycles. The smallest absolute Gasteiger partial charge is 0.135 e. The Labute approximate surface area is 93.3 Å². The van der Waals surface area contributed by atoms with Gasteiger partial charge >= 0.3 is 0 Å². The van der Waals surface area contributed by atoms with E-state index in [9.17, 15) is 0 Å². The summed E-state index contributed by atoms with van der Waals surface area (Å²) in [7, 11) is 1.63. The first-order valence-corrected chi connectivity index (χ1v) is 4.76. The van der Waals surface area contributed by atoms with E-state index in [1.165, 1.54) is 6.33 Å². The quantitative estimate of drug-likeness (QED) is 0.818. The fourth-order valence-corrected chi connectivity index (χ4v) is 1.26. The van der Waals surface area contributed by atoms with Crippen LogP contribution in [0, 0.1) is 0 Å². The minimum atomic E-state index is 0.436. The van der Waals surface area contributed by atoms with Crippen molar-refractivity contribution in [1.29, 1.82) is 0 Å². The van der Waals surface area contributed by atoms with Crippen molar-refractivity contribution in [3.05, 3.63) is 36.7 Å². The summed E-state index contributed by atoms with van der Waals surface area (Å²) in [6, 6.07) is 9.21. The number of methoxy groups -OCH3 is 1. The average Bonchev–Trinajstić information content (AvgIpc) is 2.30. The van der Waals surface area contributed by atoms with Crippen LogP contribution in [-0.4, -0.2) is 17.1 Å². The van der Waals surface area contributed by atoms with Crippen molar-refractivity contribution in [3.8, 4) is 5.75 Å². The van der Waals surface area contributed by atoms with Crippen LogP contribution in [0.25, 0.3) is 0 Å². The first-order chi connectivity index (χ1) is 7.78. The molecule has 82 valence electrons. The zero-order chi connectivity index (χ0) is 11.4. The molecule has 0 aliphatic carbocycles. The summed E-state index contributed by atoms with van der Waals surface area (Å²) in [6.45, 7) is 0. The normalized spacial score (nSPS) is 9.81. The highest BCUT2D eigenvalue weighted by molar-refractivity contribution is 5.58. The molecule has 0 aliphatic rings. The Morgan fingerprint density at radius 2 is 1.94 bits per heavy atom. The van der Waals surface area contributed by atoms with E-state index in [0.29, 0.717) is 11.6 Å². The number of hydrogen-bond acceptors (Lipinski definition) is 5. The van der Waals surface area contributed by atoms with E-state index in [1.807, 2.05) is 24.3 Å². The van der Waals surface area contributed by atoms with Crippen LogP contribution >= 0.6 is 0 Å². The van der Waals surface area contributed by atoms with Gasteiger partial charge in [0.1, 0.15) is 23.7 Å². The van der Waals surface area contributed by atoms with Crippen LogP contribution in [0.15, 0.2) is 36.7 Å². The van der Waals surface area contributed by atoms with Gasteiger partial charge in [-0.15, -0.1) is 0 Å². The van der Waals surface area contributed by atoms with Crippen molar-refractivity contribution in [2.45, 2.75) is 0 Å². The fraction of sp³-hybridized carbons (Fsp3) is 0.0909. The van der Waals surface area contributed by atoms with Crippen molar-refractivity contribution in [2.75, 3.05) is 18.2 Å². The van der Waals surface area contributed by atoms with Crippen LogP contribution in [0.3, 0.4) is 0 Å². The number of nitrogens with zero attached hydrogens (tertiary/aromatic N) is 2. The van der Waals surface area contributed by atoms with Gasteiger partial charge in [-0.2, -0.15) is 0 Å². The molecule has 1 aromatic heterocycles. The third-order valence-corrected chi connectivity index (χ3v) is 2.05. The number of nitrogens with one attached hydrogen (secondary N) is 1. The summed E-state index contributed by atoms with van der Waals surface area (Å²) >= 11 is 0. The second-order valence-corrected chi connectivity index (χ2v) is 3.18.